The van der Waals surface area contributed by atoms with Crippen molar-refractivity contribution in [3.63, 3.8) is 0 Å². The van der Waals surface area contributed by atoms with Gasteiger partial charge in [0.1, 0.15) is 0 Å². The second kappa shape index (κ2) is 6.89. The molecule has 0 nitrogen and oxygen atoms in total. The standard InChI is InChI=1S/C26H35P/c1-24(2,3)20-16-21(25(4,5)6)23-22(17-20)26(7,8)18-27(23)15-14-19-12-10-9-11-13-19/h9-17H,18H2,1-8H3/b15-14+. The first-order valence-electron chi connectivity index (χ1n) is 10.1. The van der Waals surface area contributed by atoms with E-state index >= 15 is 0 Å². The average Bonchev–Trinajstić information content (AvgIpc) is 2.82. The van der Waals surface area contributed by atoms with Gasteiger partial charge in [-0.2, -0.15) is 0 Å². The molecule has 0 saturated heterocycles. The van der Waals surface area contributed by atoms with Crippen LogP contribution in [0.15, 0.2) is 48.3 Å². The maximum absolute atomic E-state index is 2.52. The summed E-state index contributed by atoms with van der Waals surface area (Å²) in [6, 6.07) is 15.7. The molecule has 0 N–H and O–H groups in total. The van der Waals surface area contributed by atoms with Crippen LogP contribution in [0.5, 0.6) is 0 Å². The highest BCUT2D eigenvalue weighted by atomic mass is 31.1. The molecule has 1 aliphatic heterocycles. The third-order valence-corrected chi connectivity index (χ3v) is 8.31. The quantitative estimate of drug-likeness (QED) is 0.479. The van der Waals surface area contributed by atoms with Crippen molar-refractivity contribution < 1.29 is 0 Å². The predicted molar refractivity (Wildman–Crippen MR) is 124 cm³/mol. The van der Waals surface area contributed by atoms with Gasteiger partial charge in [0.05, 0.1) is 0 Å². The van der Waals surface area contributed by atoms with Crippen molar-refractivity contribution in [3.05, 3.63) is 70.5 Å². The van der Waals surface area contributed by atoms with Crippen LogP contribution in [0.3, 0.4) is 0 Å². The monoisotopic (exact) mass is 378 g/mol. The molecule has 0 fully saturated rings. The van der Waals surface area contributed by atoms with Crippen molar-refractivity contribution in [1.82, 2.24) is 0 Å². The fourth-order valence-electron chi connectivity index (χ4n) is 3.92. The third kappa shape index (κ3) is 4.22. The van der Waals surface area contributed by atoms with Crippen LogP contribution in [0.25, 0.3) is 6.08 Å². The van der Waals surface area contributed by atoms with E-state index in [1.165, 1.54) is 17.3 Å². The van der Waals surface area contributed by atoms with Gasteiger partial charge in [-0.1, -0.05) is 118 Å². The van der Waals surface area contributed by atoms with Crippen LogP contribution >= 0.6 is 7.92 Å². The molecule has 0 bridgehead atoms. The summed E-state index contributed by atoms with van der Waals surface area (Å²) in [6.07, 6.45) is 3.58. The topological polar surface area (TPSA) is 0 Å². The maximum atomic E-state index is 2.52. The van der Waals surface area contributed by atoms with Gasteiger partial charge in [0.25, 0.3) is 0 Å². The molecule has 1 aliphatic rings. The minimum absolute atomic E-state index is 0.160. The van der Waals surface area contributed by atoms with Gasteiger partial charge in [-0.05, 0) is 50.0 Å². The largest absolute Gasteiger partial charge is 0.0622 e. The Bertz CT molecular complexity index is 842. The molecule has 0 amide bonds. The van der Waals surface area contributed by atoms with Gasteiger partial charge in [0.2, 0.25) is 0 Å². The molecule has 144 valence electrons. The summed E-state index contributed by atoms with van der Waals surface area (Å²) in [7, 11) is -0.286. The summed E-state index contributed by atoms with van der Waals surface area (Å²) < 4.78 is 0. The van der Waals surface area contributed by atoms with E-state index in [9.17, 15) is 0 Å². The summed E-state index contributed by atoms with van der Waals surface area (Å²) in [5.41, 5.74) is 6.49. The van der Waals surface area contributed by atoms with Gasteiger partial charge < -0.3 is 0 Å². The van der Waals surface area contributed by atoms with Crippen LogP contribution in [-0.4, -0.2) is 6.16 Å². The molecule has 0 aromatic heterocycles. The van der Waals surface area contributed by atoms with Crippen LogP contribution in [0, 0.1) is 0 Å². The van der Waals surface area contributed by atoms with Crippen molar-refractivity contribution in [1.29, 1.82) is 0 Å². The lowest BCUT2D eigenvalue weighted by molar-refractivity contribution is 0.560. The summed E-state index contributed by atoms with van der Waals surface area (Å²) in [4.78, 5) is 0. The minimum atomic E-state index is -0.286. The molecular weight excluding hydrogens is 343 g/mol. The number of fused-ring (bicyclic) bond motifs is 1. The van der Waals surface area contributed by atoms with Crippen molar-refractivity contribution in [3.8, 4) is 0 Å². The highest BCUT2D eigenvalue weighted by Gasteiger charge is 2.40. The van der Waals surface area contributed by atoms with E-state index in [0.717, 1.165) is 0 Å². The fraction of sp³-hybridized carbons (Fsp3) is 0.462. The van der Waals surface area contributed by atoms with Gasteiger partial charge in [-0.15, -0.1) is 0 Å². The lowest BCUT2D eigenvalue weighted by Gasteiger charge is -2.30. The fourth-order valence-corrected chi connectivity index (χ4v) is 7.09. The Balaban J connectivity index is 2.16. The summed E-state index contributed by atoms with van der Waals surface area (Å²) in [6.45, 7) is 19.0. The molecule has 27 heavy (non-hydrogen) atoms. The van der Waals surface area contributed by atoms with Crippen molar-refractivity contribution in [2.24, 2.45) is 0 Å². The van der Waals surface area contributed by atoms with Crippen molar-refractivity contribution >= 4 is 19.3 Å². The molecule has 1 heteroatoms. The number of hydrogen-bond donors (Lipinski definition) is 0. The Morgan fingerprint density at radius 3 is 2.07 bits per heavy atom. The average molecular weight is 379 g/mol. The maximum Gasteiger partial charge on any atom is -0.00519 e. The van der Waals surface area contributed by atoms with Gasteiger partial charge >= 0.3 is 0 Å². The second-order valence-corrected chi connectivity index (χ2v) is 12.7. The van der Waals surface area contributed by atoms with Gasteiger partial charge in [0, 0.05) is 0 Å². The smallest absolute Gasteiger partial charge is 0.00519 e. The zero-order chi connectivity index (χ0) is 20.0. The van der Waals surface area contributed by atoms with Crippen LogP contribution in [0.1, 0.15) is 77.6 Å². The van der Waals surface area contributed by atoms with Crippen molar-refractivity contribution in [2.75, 3.05) is 6.16 Å². The summed E-state index contributed by atoms with van der Waals surface area (Å²) >= 11 is 0. The van der Waals surface area contributed by atoms with Gasteiger partial charge in [-0.25, -0.2) is 0 Å². The van der Waals surface area contributed by atoms with E-state index in [-0.39, 0.29) is 24.2 Å². The molecule has 1 atom stereocenters. The first-order chi connectivity index (χ1) is 12.4. The molecule has 0 aliphatic carbocycles. The Kier molecular flexibility index (Phi) is 5.19. The lowest BCUT2D eigenvalue weighted by Crippen LogP contribution is -2.27. The summed E-state index contributed by atoms with van der Waals surface area (Å²) in [5, 5.41) is 1.64. The molecule has 2 aromatic carbocycles. The van der Waals surface area contributed by atoms with Crippen LogP contribution in [0.2, 0.25) is 0 Å². The molecule has 1 unspecified atom stereocenters. The Morgan fingerprint density at radius 1 is 0.889 bits per heavy atom. The van der Waals surface area contributed by atoms with E-state index in [1.807, 2.05) is 0 Å². The molecule has 0 radical (unpaired) electrons. The normalized spacial score (nSPS) is 19.5. The molecule has 1 heterocycles. The van der Waals surface area contributed by atoms with Crippen molar-refractivity contribution in [2.45, 2.75) is 71.6 Å². The number of hydrogen-bond acceptors (Lipinski definition) is 0. The van der Waals surface area contributed by atoms with Gasteiger partial charge in [-0.3, -0.25) is 0 Å². The lowest BCUT2D eigenvalue weighted by atomic mass is 9.75. The summed E-state index contributed by atoms with van der Waals surface area (Å²) in [5.74, 6) is 2.50. The first-order valence-corrected chi connectivity index (χ1v) is 11.7. The number of rotatable bonds is 2. The van der Waals surface area contributed by atoms with E-state index in [4.69, 9.17) is 0 Å². The second-order valence-electron chi connectivity index (χ2n) is 10.7. The van der Waals surface area contributed by atoms with Crippen LogP contribution < -0.4 is 5.30 Å². The van der Waals surface area contributed by atoms with Crippen LogP contribution in [0.4, 0.5) is 0 Å². The molecule has 3 rings (SSSR count). The zero-order valence-corrected chi connectivity index (χ0v) is 19.2. The highest BCUT2D eigenvalue weighted by molar-refractivity contribution is 7.69. The molecule has 0 saturated carbocycles. The SMILES string of the molecule is CC(C)(C)c1cc(C(C)(C)C)c2c(c1)C(C)(C)CP2/C=C/c1ccccc1. The van der Waals surface area contributed by atoms with E-state index in [0.29, 0.717) is 0 Å². The van der Waals surface area contributed by atoms with E-state index < -0.39 is 0 Å². The minimum Gasteiger partial charge on any atom is -0.0622 e. The molecule has 0 spiro atoms. The highest BCUT2D eigenvalue weighted by Crippen LogP contribution is 2.54. The van der Waals surface area contributed by atoms with Gasteiger partial charge in [0.15, 0.2) is 0 Å². The predicted octanol–water partition coefficient (Wildman–Crippen LogP) is 7.35. The van der Waals surface area contributed by atoms with E-state index in [1.54, 1.807) is 16.4 Å². The Hall–Kier alpha value is -1.39. The third-order valence-electron chi connectivity index (χ3n) is 5.61. The van der Waals surface area contributed by atoms with E-state index in [2.05, 4.69) is 110 Å². The Morgan fingerprint density at radius 2 is 1.52 bits per heavy atom. The molecular formula is C26H35P. The number of benzene rings is 2. The van der Waals surface area contributed by atoms with Crippen LogP contribution in [-0.2, 0) is 16.2 Å². The molecule has 2 aromatic rings. The first kappa shape index (κ1) is 20.3. The Labute approximate surface area is 167 Å². The zero-order valence-electron chi connectivity index (χ0n) is 18.4.